The first-order valence-corrected chi connectivity index (χ1v) is 47.0. The molecule has 5 unspecified atom stereocenters. The topological polar surface area (TPSA) is 309 Å². The fraction of sp³-hybridized carbons (Fsp3) is 0.621. The molecular weight excluding hydrogens is 1620 g/mol. The van der Waals surface area contributed by atoms with Crippen LogP contribution in [0.4, 0.5) is 11.4 Å². The molecule has 0 aliphatic carbocycles. The average molecular weight is 1820 g/mol. The smallest absolute Gasteiger partial charge is 0.227 e. The summed E-state index contributed by atoms with van der Waals surface area (Å²) in [5.41, 5.74) is 12.8. The van der Waals surface area contributed by atoms with Gasteiger partial charge in [0.15, 0.2) is 0 Å². The maximum atomic E-state index is 13.2. The van der Waals surface area contributed by atoms with Gasteiger partial charge in [-0.1, -0.05) is 265 Å². The Bertz CT molecular complexity index is 4950. The number of carbonyl (C=O) groups is 7. The number of nitrogens with one attached hydrogen (secondary N) is 5. The van der Waals surface area contributed by atoms with Crippen molar-refractivity contribution in [2.75, 3.05) is 43.0 Å². The Balaban J connectivity index is 0.000000914. The van der Waals surface area contributed by atoms with E-state index in [0.29, 0.717) is 117 Å². The molecule has 0 radical (unpaired) electrons. The number of likely N-dealkylation sites (N-methyl/N-ethyl adjacent to an activating group) is 1. The third-order valence-corrected chi connectivity index (χ3v) is 22.1. The number of fused-ring (bicyclic) bond motifs is 10. The zero-order valence-corrected chi connectivity index (χ0v) is 81.9. The van der Waals surface area contributed by atoms with Gasteiger partial charge in [-0.05, 0) is 148 Å². The fourth-order valence-electron chi connectivity index (χ4n) is 16.1. The van der Waals surface area contributed by atoms with Crippen LogP contribution in [-0.2, 0) is 85.7 Å². The second-order valence-electron chi connectivity index (χ2n) is 39.9. The predicted molar refractivity (Wildman–Crippen MR) is 534 cm³/mol. The summed E-state index contributed by atoms with van der Waals surface area (Å²) in [6.45, 7) is 49.0. The van der Waals surface area contributed by atoms with Gasteiger partial charge in [0, 0.05) is 127 Å². The van der Waals surface area contributed by atoms with Crippen LogP contribution in [0.2, 0.25) is 0 Å². The molecule has 6 heterocycles. The molecule has 0 saturated heterocycles. The lowest BCUT2D eigenvalue weighted by Crippen LogP contribution is -2.41. The van der Waals surface area contributed by atoms with E-state index in [1.165, 1.54) is 0 Å². The number of Topliss-reactive ketones (excluding diaryl/α,β-unsaturated/α-hetero) is 4. The number of aryl methyl sites for hydroxylation is 3. The molecule has 5 N–H and O–H groups in total. The zero-order chi connectivity index (χ0) is 109. The lowest BCUT2D eigenvalue weighted by Gasteiger charge is -2.28. The number of amides is 3. The fourth-order valence-corrected chi connectivity index (χ4v) is 16.1. The summed E-state index contributed by atoms with van der Waals surface area (Å²) < 4.78 is 94.2. The molecule has 26 nitrogen and oxygen atoms in total. The molecule has 4 aromatic heterocycles. The second kappa shape index (κ2) is 52.4. The molecule has 0 fully saturated rings. The lowest BCUT2D eigenvalue weighted by atomic mass is 9.82. The van der Waals surface area contributed by atoms with E-state index >= 15 is 0 Å². The first kappa shape index (κ1) is 92.6. The molecule has 26 heteroatoms. The quantitative estimate of drug-likeness (QED) is 0.0238. The first-order valence-electron chi connectivity index (χ1n) is 55.5. The van der Waals surface area contributed by atoms with Crippen molar-refractivity contribution in [3.05, 3.63) is 132 Å². The van der Waals surface area contributed by atoms with E-state index in [2.05, 4.69) is 178 Å². The van der Waals surface area contributed by atoms with Gasteiger partial charge < -0.3 is 36.4 Å². The monoisotopic (exact) mass is 1820 g/mol. The van der Waals surface area contributed by atoms with Gasteiger partial charge in [0.25, 0.3) is 0 Å². The molecular formula is C103H171N19O7. The highest BCUT2D eigenvalue weighted by Gasteiger charge is 2.34. The summed E-state index contributed by atoms with van der Waals surface area (Å²) in [5, 5.41) is 50.6. The van der Waals surface area contributed by atoms with Crippen LogP contribution >= 0.6 is 0 Å². The van der Waals surface area contributed by atoms with Crippen molar-refractivity contribution in [3.8, 4) is 45.0 Å². The van der Waals surface area contributed by atoms with Crippen molar-refractivity contribution in [3.63, 3.8) is 0 Å². The van der Waals surface area contributed by atoms with Gasteiger partial charge in [0.1, 0.15) is 34.5 Å². The second-order valence-corrected chi connectivity index (χ2v) is 39.9. The average Bonchev–Trinajstić information content (AvgIpc) is 1.55. The van der Waals surface area contributed by atoms with Crippen molar-refractivity contribution >= 4 is 52.2 Å². The van der Waals surface area contributed by atoms with Crippen LogP contribution in [0, 0.1) is 33.0 Å². The molecule has 129 heavy (non-hydrogen) atoms. The van der Waals surface area contributed by atoms with Crippen LogP contribution in [-0.4, -0.2) is 158 Å². The maximum absolute atomic E-state index is 13.2. The molecule has 5 atom stereocenters. The molecule has 2 aliphatic rings. The number of aromatic nitrogens is 12. The first-order chi connectivity index (χ1) is 68.6. The van der Waals surface area contributed by atoms with Gasteiger partial charge in [-0.15, -0.1) is 20.4 Å². The molecule has 10 rings (SSSR count). The van der Waals surface area contributed by atoms with Gasteiger partial charge >= 0.3 is 0 Å². The normalized spacial score (nSPS) is 14.4. The SMILES string of the molecule is [3H]CCC(=O)N1Cc2ccccc2-c2c(nnn2CCNC(CC(C)(C)C)C(=O)CCC)-c2ccccc21.[3H]CCC(=O)N1Cc2ccccc2-c2nnn(CCNC(CC(C)(C)C)C(=O)CCC)c2-c2ccccc21.[3H]CCc1cn(CCNC(CC(C)(C)C)C(=O)CCC)nn1.[3H]CCc1cnnn1CCCC(CC(C)(C)C)C(=O)NCC.[3H]CNC(CC(C)(C)C)C(=O)CCC.[3H][3H].[3H][3H].[3H][3H].[3H][3H].[3H][3H]. The summed E-state index contributed by atoms with van der Waals surface area (Å²) in [4.78, 5) is 91.6. The maximum Gasteiger partial charge on any atom is 0.227 e. The number of ketones is 4. The van der Waals surface area contributed by atoms with Crippen LogP contribution < -0.4 is 36.4 Å². The van der Waals surface area contributed by atoms with Gasteiger partial charge in [0.2, 0.25) is 17.7 Å². The van der Waals surface area contributed by atoms with E-state index in [1.807, 2.05) is 146 Å². The van der Waals surface area contributed by atoms with E-state index in [9.17, 15) is 33.6 Å². The largest absolute Gasteiger partial charge is 0.356 e. The van der Waals surface area contributed by atoms with Crippen LogP contribution in [0.5, 0.6) is 0 Å². The Labute approximate surface area is 795 Å². The molecule has 8 aromatic rings. The summed E-state index contributed by atoms with van der Waals surface area (Å²) in [6, 6.07) is 31.0. The predicted octanol–water partition coefficient (Wildman–Crippen LogP) is 20.3. The Morgan fingerprint density at radius 3 is 1.33 bits per heavy atom. The molecule has 720 valence electrons. The summed E-state index contributed by atoms with van der Waals surface area (Å²) in [5.74, 6) is 1.09. The van der Waals surface area contributed by atoms with Crippen molar-refractivity contribution in [1.82, 2.24) is 86.6 Å². The van der Waals surface area contributed by atoms with Crippen LogP contribution in [0.25, 0.3) is 45.0 Å². The number of hydrogen-bond donors (Lipinski definition) is 5. The van der Waals surface area contributed by atoms with Crippen molar-refractivity contribution in [2.24, 2.45) is 33.0 Å². The number of benzene rings is 4. The number of nitrogens with zero attached hydrogens (tertiary/aromatic N) is 14. The minimum absolute atomic E-state index is 0.0291. The molecule has 0 saturated carbocycles. The van der Waals surface area contributed by atoms with Crippen LogP contribution in [0.3, 0.4) is 0 Å². The van der Waals surface area contributed by atoms with E-state index in [0.717, 1.165) is 156 Å². The van der Waals surface area contributed by atoms with Gasteiger partial charge in [-0.2, -0.15) is 0 Å². The van der Waals surface area contributed by atoms with Gasteiger partial charge in [0.05, 0.1) is 97.2 Å². The Kier molecular flexibility index (Phi) is 37.6. The highest BCUT2D eigenvalue weighted by molar-refractivity contribution is 6.01. The van der Waals surface area contributed by atoms with Crippen LogP contribution in [0.1, 0.15) is 319 Å². The Morgan fingerprint density at radius 1 is 0.450 bits per heavy atom. The third kappa shape index (κ3) is 35.2. The molecule has 4 aromatic carbocycles. The van der Waals surface area contributed by atoms with E-state index in [-0.39, 0.29) is 126 Å². The summed E-state index contributed by atoms with van der Waals surface area (Å²) in [6.07, 6.45) is 16.9. The van der Waals surface area contributed by atoms with Gasteiger partial charge in [-0.25, -0.2) is 14.0 Å². The minimum Gasteiger partial charge on any atom is -0.356 e. The number of anilines is 2. The van der Waals surface area contributed by atoms with E-state index in [1.54, 1.807) is 20.7 Å². The van der Waals surface area contributed by atoms with Crippen molar-refractivity contribution < 1.29 is 55.3 Å². The summed E-state index contributed by atoms with van der Waals surface area (Å²) >= 11 is 0. The minimum atomic E-state index is -0.203. The number of hydrogen-bond acceptors (Lipinski definition) is 19. The van der Waals surface area contributed by atoms with Crippen molar-refractivity contribution in [1.29, 1.82) is 0 Å². The highest BCUT2D eigenvalue weighted by Crippen LogP contribution is 2.44. The Hall–Kier alpha value is -9.63. The van der Waals surface area contributed by atoms with E-state index in [4.69, 9.17) is 21.7 Å². The number of rotatable bonds is 40. The number of carbonyl (C=O) groups excluding carboxylic acids is 7. The molecule has 0 spiro atoms. The summed E-state index contributed by atoms with van der Waals surface area (Å²) in [7, 11) is 0.121. The third-order valence-electron chi connectivity index (χ3n) is 22.1. The molecule has 3 amide bonds. The van der Waals surface area contributed by atoms with E-state index < -0.39 is 0 Å². The standard InChI is InChI=1S/2C30H39N5O2.2C16H30N4O.C11H23NO.5H2/c1-6-12-26(36)24(19-30(3,4)5)31-17-18-35-29-22-14-9-8-13-21(22)20-34(27(37)7-2)25-16-11-10-15-23(25)28(29)32-33-35;1-6-12-26(36)24(19-30(3,4)5)31-17-18-35-29-23-15-10-11-16-25(23)34(27(37)7-2)20-21-13-8-9-14-22(21)28(29)32-33-35;1-6-14-12-18-19-20(14)10-8-9-13(11-16(3,4)5)15(21)17-7-2;1-6-8-15(21)14(11-16(3,4)5)17-9-10-20-12-13(7-2)18-19-20;1-6-7-10(13)9(12-5)8-11(2,3)4;;;;;/h2*8-11,13-16,24,31H,6-7,12,17-20H2,1-5H3;12-13H,6-11H2,1-5H3,(H,17,21);12,14,17H,6-11H2,1-5H3;9,12H,6-8H2,1-5H3;5*1H/i2*2T;1T;2T;5T;5*1+2T. The van der Waals surface area contributed by atoms with Crippen LogP contribution in [0.15, 0.2) is 109 Å². The molecule has 0 bridgehead atoms. The zero-order valence-electron chi connectivity index (χ0n) is 96.9. The van der Waals surface area contributed by atoms with Gasteiger partial charge in [-0.3, -0.25) is 38.2 Å². The lowest BCUT2D eigenvalue weighted by molar-refractivity contribution is -0.126. The molecule has 2 aliphatic heterocycles. The van der Waals surface area contributed by atoms with Crippen molar-refractivity contribution in [2.45, 2.75) is 352 Å². The number of para-hydroxylation sites is 2. The Morgan fingerprint density at radius 2 is 0.868 bits per heavy atom. The highest BCUT2D eigenvalue weighted by atomic mass is 16.2.